The third-order valence-electron chi connectivity index (χ3n) is 2.78. The number of aliphatic hydroxyl groups excluding tert-OH is 1. The minimum atomic E-state index is -0.386. The topological polar surface area (TPSA) is 29.5 Å². The van der Waals surface area contributed by atoms with Crippen LogP contribution in [-0.2, 0) is 6.42 Å². The summed E-state index contributed by atoms with van der Waals surface area (Å²) in [7, 11) is 1.66. The van der Waals surface area contributed by atoms with Crippen LogP contribution in [0.25, 0.3) is 0 Å². The van der Waals surface area contributed by atoms with Crippen LogP contribution in [0.3, 0.4) is 0 Å². The average Bonchev–Trinajstić information content (AvgIpc) is 2.83. The Kier molecular flexibility index (Phi) is 4.80. The van der Waals surface area contributed by atoms with Gasteiger partial charge >= 0.3 is 0 Å². The van der Waals surface area contributed by atoms with E-state index >= 15 is 0 Å². The second-order valence-corrected chi connectivity index (χ2v) is 5.93. The van der Waals surface area contributed by atoms with Gasteiger partial charge in [0, 0.05) is 14.7 Å². The van der Waals surface area contributed by atoms with Gasteiger partial charge in [-0.2, -0.15) is 0 Å². The normalized spacial score (nSPS) is 12.4. The molecule has 2 aromatic rings. The van der Waals surface area contributed by atoms with Crippen molar-refractivity contribution >= 4 is 27.3 Å². The molecular weight excluding hydrogens is 312 g/mol. The highest BCUT2D eigenvalue weighted by molar-refractivity contribution is 9.10. The molecule has 1 N–H and O–H groups in total. The van der Waals surface area contributed by atoms with Crippen LogP contribution < -0.4 is 4.74 Å². The summed E-state index contributed by atoms with van der Waals surface area (Å²) in [5, 5.41) is 12.1. The van der Waals surface area contributed by atoms with Gasteiger partial charge < -0.3 is 9.84 Å². The Balaban J connectivity index is 1.90. The van der Waals surface area contributed by atoms with Crippen LogP contribution in [-0.4, -0.2) is 12.2 Å². The number of benzene rings is 1. The van der Waals surface area contributed by atoms with Crippen molar-refractivity contribution in [2.45, 2.75) is 18.9 Å². The van der Waals surface area contributed by atoms with E-state index in [1.807, 2.05) is 35.7 Å². The van der Waals surface area contributed by atoms with Crippen LogP contribution in [0.5, 0.6) is 5.75 Å². The van der Waals surface area contributed by atoms with Crippen molar-refractivity contribution < 1.29 is 9.84 Å². The van der Waals surface area contributed by atoms with E-state index in [1.54, 1.807) is 18.4 Å². The molecule has 0 bridgehead atoms. The number of ether oxygens (including phenoxy) is 1. The highest BCUT2D eigenvalue weighted by atomic mass is 79.9. The fraction of sp³-hybridized carbons (Fsp3) is 0.286. The lowest BCUT2D eigenvalue weighted by Gasteiger charge is -2.08. The van der Waals surface area contributed by atoms with E-state index in [0.29, 0.717) is 0 Å². The van der Waals surface area contributed by atoms with Gasteiger partial charge in [-0.15, -0.1) is 11.3 Å². The molecule has 0 saturated heterocycles. The third-order valence-corrected chi connectivity index (χ3v) is 4.58. The molecule has 1 aromatic carbocycles. The van der Waals surface area contributed by atoms with Gasteiger partial charge in [0.2, 0.25) is 0 Å². The molecule has 0 aliphatic heterocycles. The number of aliphatic hydroxyl groups is 1. The summed E-state index contributed by atoms with van der Waals surface area (Å²) in [5.41, 5.74) is 1.21. The predicted molar refractivity (Wildman–Crippen MR) is 78.3 cm³/mol. The van der Waals surface area contributed by atoms with Gasteiger partial charge in [-0.1, -0.05) is 12.1 Å². The van der Waals surface area contributed by atoms with Crippen molar-refractivity contribution in [3.05, 3.63) is 50.6 Å². The Morgan fingerprint density at radius 2 is 2.06 bits per heavy atom. The smallest absolute Gasteiger partial charge is 0.118 e. The standard InChI is InChI=1S/C14H15BrO2S/c1-17-12-5-2-10(3-6-12)4-7-13(16)14-8-11(15)9-18-14/h2-3,5-6,8-9,13,16H,4,7H2,1H3. The number of hydrogen-bond donors (Lipinski definition) is 1. The molecule has 4 heteroatoms. The average molecular weight is 327 g/mol. The Morgan fingerprint density at radius 1 is 1.33 bits per heavy atom. The summed E-state index contributed by atoms with van der Waals surface area (Å²) in [5.74, 6) is 0.862. The van der Waals surface area contributed by atoms with E-state index in [9.17, 15) is 5.11 Å². The minimum absolute atomic E-state index is 0.386. The van der Waals surface area contributed by atoms with Gasteiger partial charge in [-0.25, -0.2) is 0 Å². The lowest BCUT2D eigenvalue weighted by atomic mass is 10.1. The summed E-state index contributed by atoms with van der Waals surface area (Å²) in [6, 6.07) is 9.95. The molecule has 0 aliphatic carbocycles. The zero-order valence-electron chi connectivity index (χ0n) is 10.1. The number of thiophene rings is 1. The first-order valence-corrected chi connectivity index (χ1v) is 7.41. The Bertz CT molecular complexity index is 493. The number of hydrogen-bond acceptors (Lipinski definition) is 3. The fourth-order valence-electron chi connectivity index (χ4n) is 1.74. The number of methoxy groups -OCH3 is 1. The number of halogens is 1. The summed E-state index contributed by atoms with van der Waals surface area (Å²) in [4.78, 5) is 1.01. The lowest BCUT2D eigenvalue weighted by molar-refractivity contribution is 0.171. The molecular formula is C14H15BrO2S. The highest BCUT2D eigenvalue weighted by Gasteiger charge is 2.10. The molecule has 0 saturated carbocycles. The molecule has 1 atom stereocenters. The van der Waals surface area contributed by atoms with Gasteiger partial charge in [0.15, 0.2) is 0 Å². The minimum Gasteiger partial charge on any atom is -0.497 e. The number of rotatable bonds is 5. The molecule has 0 aliphatic rings. The van der Waals surface area contributed by atoms with Gasteiger partial charge in [-0.3, -0.25) is 0 Å². The first-order chi connectivity index (χ1) is 8.69. The van der Waals surface area contributed by atoms with Crippen LogP contribution >= 0.6 is 27.3 Å². The quantitative estimate of drug-likeness (QED) is 0.892. The third kappa shape index (κ3) is 3.57. The van der Waals surface area contributed by atoms with E-state index in [4.69, 9.17) is 4.74 Å². The summed E-state index contributed by atoms with van der Waals surface area (Å²) < 4.78 is 6.15. The van der Waals surface area contributed by atoms with Crippen LogP contribution in [0.4, 0.5) is 0 Å². The maximum Gasteiger partial charge on any atom is 0.118 e. The number of aryl methyl sites for hydroxylation is 1. The van der Waals surface area contributed by atoms with Crippen LogP contribution in [0.1, 0.15) is 23.0 Å². The summed E-state index contributed by atoms with van der Waals surface area (Å²) in [6.45, 7) is 0. The molecule has 1 aromatic heterocycles. The monoisotopic (exact) mass is 326 g/mol. The highest BCUT2D eigenvalue weighted by Crippen LogP contribution is 2.28. The summed E-state index contributed by atoms with van der Waals surface area (Å²) in [6.07, 6.45) is 1.21. The molecule has 2 rings (SSSR count). The van der Waals surface area contributed by atoms with Crippen LogP contribution in [0.2, 0.25) is 0 Å². The Hall–Kier alpha value is -0.840. The van der Waals surface area contributed by atoms with Crippen molar-refractivity contribution in [3.8, 4) is 5.75 Å². The van der Waals surface area contributed by atoms with E-state index in [0.717, 1.165) is 27.9 Å². The van der Waals surface area contributed by atoms with E-state index in [-0.39, 0.29) is 6.10 Å². The van der Waals surface area contributed by atoms with Crippen LogP contribution in [0.15, 0.2) is 40.2 Å². The Labute approximate surface area is 119 Å². The van der Waals surface area contributed by atoms with Gasteiger partial charge in [0.25, 0.3) is 0 Å². The maximum absolute atomic E-state index is 10.1. The largest absolute Gasteiger partial charge is 0.497 e. The SMILES string of the molecule is COc1ccc(CCC(O)c2cc(Br)cs2)cc1. The van der Waals surface area contributed by atoms with Crippen LogP contribution in [0, 0.1) is 0 Å². The molecule has 1 heterocycles. The van der Waals surface area contributed by atoms with Crippen molar-refractivity contribution in [1.82, 2.24) is 0 Å². The predicted octanol–water partition coefficient (Wildman–Crippen LogP) is 4.19. The van der Waals surface area contributed by atoms with Crippen molar-refractivity contribution in [2.75, 3.05) is 7.11 Å². The zero-order chi connectivity index (χ0) is 13.0. The molecule has 0 fully saturated rings. The van der Waals surface area contributed by atoms with E-state index < -0.39 is 0 Å². The molecule has 18 heavy (non-hydrogen) atoms. The van der Waals surface area contributed by atoms with Gasteiger partial charge in [0.1, 0.15) is 5.75 Å². The fourth-order valence-corrected chi connectivity index (χ4v) is 3.21. The lowest BCUT2D eigenvalue weighted by Crippen LogP contribution is -1.97. The molecule has 0 radical (unpaired) electrons. The molecule has 0 amide bonds. The molecule has 2 nitrogen and oxygen atoms in total. The molecule has 0 spiro atoms. The first-order valence-electron chi connectivity index (χ1n) is 5.74. The van der Waals surface area contributed by atoms with Gasteiger partial charge in [0.05, 0.1) is 13.2 Å². The maximum atomic E-state index is 10.1. The van der Waals surface area contributed by atoms with Crippen molar-refractivity contribution in [3.63, 3.8) is 0 Å². The Morgan fingerprint density at radius 3 is 2.61 bits per heavy atom. The van der Waals surface area contributed by atoms with E-state index in [1.165, 1.54) is 5.56 Å². The van der Waals surface area contributed by atoms with E-state index in [2.05, 4.69) is 15.9 Å². The summed E-state index contributed by atoms with van der Waals surface area (Å²) >= 11 is 4.98. The van der Waals surface area contributed by atoms with Crippen molar-refractivity contribution in [1.29, 1.82) is 0 Å². The second kappa shape index (κ2) is 6.36. The first kappa shape index (κ1) is 13.6. The molecule has 1 unspecified atom stereocenters. The zero-order valence-corrected chi connectivity index (χ0v) is 12.5. The van der Waals surface area contributed by atoms with Crippen molar-refractivity contribution in [2.24, 2.45) is 0 Å². The van der Waals surface area contributed by atoms with Gasteiger partial charge in [-0.05, 0) is 52.5 Å². The molecule has 96 valence electrons. The second-order valence-electron chi connectivity index (χ2n) is 4.07.